The van der Waals surface area contributed by atoms with Crippen LogP contribution in [0.25, 0.3) is 0 Å². The van der Waals surface area contributed by atoms with E-state index in [4.69, 9.17) is 41.7 Å². The van der Waals surface area contributed by atoms with Crippen molar-refractivity contribution in [3.63, 3.8) is 0 Å². The first-order valence-corrected chi connectivity index (χ1v) is 37.6. The van der Waals surface area contributed by atoms with Crippen LogP contribution in [-0.2, 0) is 41.7 Å². The van der Waals surface area contributed by atoms with Gasteiger partial charge in [-0.15, -0.1) is 0 Å². The highest BCUT2D eigenvalue weighted by Crippen LogP contribution is 2.25. The van der Waals surface area contributed by atoms with E-state index in [0.29, 0.717) is 33.0 Å². The van der Waals surface area contributed by atoms with Crippen molar-refractivity contribution in [3.05, 3.63) is 0 Å². The lowest BCUT2D eigenvalue weighted by molar-refractivity contribution is -0.112. The summed E-state index contributed by atoms with van der Waals surface area (Å²) >= 11 is 0. The van der Waals surface area contributed by atoms with Gasteiger partial charge in [0.05, 0.1) is 95.3 Å². The van der Waals surface area contributed by atoms with Crippen molar-refractivity contribution >= 4 is 51.3 Å². The summed E-state index contributed by atoms with van der Waals surface area (Å²) in [4.78, 5) is 7.59. The molecule has 54 heavy (non-hydrogen) atoms. The van der Waals surface area contributed by atoms with Gasteiger partial charge in [0.25, 0.3) is 0 Å². The average molecular weight is 868 g/mol. The molecule has 3 saturated heterocycles. The predicted molar refractivity (Wildman–Crippen MR) is 232 cm³/mol. The van der Waals surface area contributed by atoms with Crippen molar-refractivity contribution in [2.24, 2.45) is 0 Å². The SMILES string of the molecule is CCOC(N1CC(COCC(COCC2CN(C(OCC)[Si](C)C)C[Si](C)(C)O2)OCC2CN(C(OCC)[Si](C)C)C[Si](C)(C)O2)O[Si](C)(C)C1)[Si](C)C. The van der Waals surface area contributed by atoms with Gasteiger partial charge in [0.2, 0.25) is 25.0 Å². The quantitative estimate of drug-likeness (QED) is 0.133. The molecule has 0 aromatic heterocycles. The first-order valence-electron chi connectivity index (χ1n) is 20.6. The average Bonchev–Trinajstić information content (AvgIpc) is 3.04. The minimum absolute atomic E-state index is 0.00132. The van der Waals surface area contributed by atoms with Gasteiger partial charge in [0, 0.05) is 58.0 Å². The van der Waals surface area contributed by atoms with Gasteiger partial charge >= 0.3 is 0 Å². The number of ether oxygens (including phenoxy) is 6. The highest BCUT2D eigenvalue weighted by molar-refractivity contribution is 6.72. The van der Waals surface area contributed by atoms with E-state index in [1.54, 1.807) is 0 Å². The van der Waals surface area contributed by atoms with E-state index in [9.17, 15) is 0 Å². The van der Waals surface area contributed by atoms with Crippen LogP contribution in [0.3, 0.4) is 0 Å². The molecule has 3 fully saturated rings. The third kappa shape index (κ3) is 16.5. The van der Waals surface area contributed by atoms with E-state index in [2.05, 4.69) is 114 Å². The highest BCUT2D eigenvalue weighted by atomic mass is 28.4. The van der Waals surface area contributed by atoms with Crippen LogP contribution >= 0.6 is 0 Å². The smallest absolute Gasteiger partial charge is 0.201 e. The molecule has 3 rings (SSSR count). The van der Waals surface area contributed by atoms with Crippen LogP contribution in [0.1, 0.15) is 20.8 Å². The molecule has 6 atom stereocenters. The zero-order chi connectivity index (χ0) is 40.3. The summed E-state index contributed by atoms with van der Waals surface area (Å²) in [7, 11) is -7.79. The molecule has 6 unspecified atom stereocenters. The van der Waals surface area contributed by atoms with Crippen LogP contribution in [-0.4, -0.2) is 199 Å². The molecule has 0 aliphatic carbocycles. The van der Waals surface area contributed by atoms with Gasteiger partial charge in [-0.25, -0.2) is 0 Å². The fourth-order valence-electron chi connectivity index (χ4n) is 8.25. The molecule has 3 radical (unpaired) electrons. The molecular formula is C36H80N3O9Si6. The monoisotopic (exact) mass is 866 g/mol. The maximum atomic E-state index is 6.74. The van der Waals surface area contributed by atoms with Crippen LogP contribution in [0.2, 0.25) is 78.6 Å². The summed E-state index contributed by atoms with van der Waals surface area (Å²) in [6.45, 7) is 41.1. The largest absolute Gasteiger partial charge is 0.410 e. The highest BCUT2D eigenvalue weighted by Gasteiger charge is 2.42. The lowest BCUT2D eigenvalue weighted by Crippen LogP contribution is -2.62. The number of hydrogen-bond acceptors (Lipinski definition) is 12. The molecule has 18 heteroatoms. The molecular weight excluding hydrogens is 787 g/mol. The summed E-state index contributed by atoms with van der Waals surface area (Å²) in [5, 5.41) is 0. The van der Waals surface area contributed by atoms with Gasteiger partial charge in [0.15, 0.2) is 0 Å². The third-order valence-electron chi connectivity index (χ3n) is 9.71. The molecule has 0 spiro atoms. The van der Waals surface area contributed by atoms with Crippen molar-refractivity contribution in [2.75, 3.05) is 91.0 Å². The molecule has 3 heterocycles. The van der Waals surface area contributed by atoms with E-state index in [1.807, 2.05) is 0 Å². The lowest BCUT2D eigenvalue weighted by Gasteiger charge is -2.46. The van der Waals surface area contributed by atoms with Gasteiger partial charge in [-0.3, -0.25) is 14.7 Å². The fraction of sp³-hybridized carbons (Fsp3) is 1.00. The van der Waals surface area contributed by atoms with Gasteiger partial charge in [0.1, 0.15) is 6.10 Å². The van der Waals surface area contributed by atoms with E-state index < -0.39 is 51.3 Å². The van der Waals surface area contributed by atoms with E-state index in [-0.39, 0.29) is 42.0 Å². The van der Waals surface area contributed by atoms with Crippen LogP contribution in [0.4, 0.5) is 0 Å². The Morgan fingerprint density at radius 3 is 1.07 bits per heavy atom. The zero-order valence-corrected chi connectivity index (χ0v) is 43.0. The number of nitrogens with zero attached hydrogens (tertiary/aromatic N) is 3. The molecule has 0 aromatic rings. The standard InChI is InChI=1S/C36H80N3O9Si6/c1-16-42-34(49(4)5)37-19-30(46-52(10,11)27-37)22-40-24-33(45-26-32-21-39(29-54(14,15)48-32)36(44-18-3)51(8)9)25-41-23-31-20-38(28-53(12,13)47-31)35(43-17-2)50(6)7/h30-36H,16-29H2,1-15H3. The molecule has 3 aliphatic rings. The molecule has 0 aromatic carbocycles. The Hall–Kier alpha value is 0.821. The fourth-order valence-corrected chi connectivity index (χ4v) is 20.3. The van der Waals surface area contributed by atoms with Crippen molar-refractivity contribution in [1.29, 1.82) is 0 Å². The van der Waals surface area contributed by atoms with E-state index in [1.165, 1.54) is 0 Å². The second-order valence-electron chi connectivity index (χ2n) is 18.0. The topological polar surface area (TPSA) is 92.8 Å². The maximum absolute atomic E-state index is 6.74. The Kier molecular flexibility index (Phi) is 20.9. The summed E-state index contributed by atoms with van der Waals surface area (Å²) in [5.74, 6) is 0.538. The lowest BCUT2D eigenvalue weighted by atomic mass is 10.3. The normalized spacial score (nSPS) is 27.8. The third-order valence-corrected chi connectivity index (χ3v) is 20.7. The van der Waals surface area contributed by atoms with E-state index in [0.717, 1.165) is 58.0 Å². The van der Waals surface area contributed by atoms with Gasteiger partial charge in [-0.05, 0) is 60.1 Å². The zero-order valence-electron chi connectivity index (χ0n) is 37.0. The minimum Gasteiger partial charge on any atom is -0.410 e. The van der Waals surface area contributed by atoms with Crippen molar-refractivity contribution in [1.82, 2.24) is 14.7 Å². The molecule has 12 nitrogen and oxygen atoms in total. The Morgan fingerprint density at radius 2 is 0.796 bits per heavy atom. The Bertz CT molecular complexity index is 1020. The summed E-state index contributed by atoms with van der Waals surface area (Å²) in [6, 6.07) is 0. The van der Waals surface area contributed by atoms with Crippen LogP contribution in [0.5, 0.6) is 0 Å². The second kappa shape index (κ2) is 23.0. The summed E-state index contributed by atoms with van der Waals surface area (Å²) in [6.07, 6.45) is 2.65. The van der Waals surface area contributed by atoms with Crippen molar-refractivity contribution in [3.8, 4) is 0 Å². The summed E-state index contributed by atoms with van der Waals surface area (Å²) < 4.78 is 58.6. The molecule has 0 saturated carbocycles. The molecule has 317 valence electrons. The van der Waals surface area contributed by atoms with E-state index >= 15 is 0 Å². The summed E-state index contributed by atoms with van der Waals surface area (Å²) in [5.41, 5.74) is 0. The van der Waals surface area contributed by atoms with Gasteiger partial charge in [-0.1, -0.05) is 39.3 Å². The van der Waals surface area contributed by atoms with Gasteiger partial charge < -0.3 is 41.7 Å². The minimum atomic E-state index is -1.94. The predicted octanol–water partition coefficient (Wildman–Crippen LogP) is 4.71. The molecule has 0 bridgehead atoms. The van der Waals surface area contributed by atoms with Gasteiger partial charge in [-0.2, -0.15) is 0 Å². The van der Waals surface area contributed by atoms with Crippen molar-refractivity contribution in [2.45, 2.75) is 141 Å². The Labute approximate surface area is 338 Å². The Morgan fingerprint density at radius 1 is 0.500 bits per heavy atom. The Balaban J connectivity index is 1.69. The first-order chi connectivity index (χ1) is 25.3. The number of hydrogen-bond donors (Lipinski definition) is 0. The number of rotatable bonds is 23. The molecule has 3 aliphatic heterocycles. The van der Waals surface area contributed by atoms with Crippen LogP contribution < -0.4 is 0 Å². The second-order valence-corrected chi connectivity index (χ2v) is 38.1. The van der Waals surface area contributed by atoms with Crippen molar-refractivity contribution < 1.29 is 41.7 Å². The molecule has 0 N–H and O–H groups in total. The maximum Gasteiger partial charge on any atom is 0.201 e. The first kappa shape index (κ1) is 49.2. The van der Waals surface area contributed by atoms with Crippen LogP contribution in [0.15, 0.2) is 0 Å². The molecule has 0 amide bonds. The van der Waals surface area contributed by atoms with Crippen LogP contribution in [0, 0.1) is 0 Å².